The van der Waals surface area contributed by atoms with Crippen molar-refractivity contribution in [3.63, 3.8) is 0 Å². The Labute approximate surface area is 126 Å². The van der Waals surface area contributed by atoms with E-state index in [0.29, 0.717) is 0 Å². The summed E-state index contributed by atoms with van der Waals surface area (Å²) in [4.78, 5) is 0. The van der Waals surface area contributed by atoms with Gasteiger partial charge in [0.05, 0.1) is 0 Å². The number of hydrogen-bond donors (Lipinski definition) is 1. The van der Waals surface area contributed by atoms with Gasteiger partial charge in [0.2, 0.25) is 0 Å². The second-order valence-corrected chi connectivity index (χ2v) is 5.89. The van der Waals surface area contributed by atoms with Gasteiger partial charge in [-0.1, -0.05) is 54.6 Å². The number of aryl methyl sites for hydroxylation is 1. The number of hydrogen-bond acceptors (Lipinski definition) is 1. The van der Waals surface area contributed by atoms with Crippen molar-refractivity contribution in [1.29, 1.82) is 0 Å². The maximum Gasteiger partial charge on any atom is 0.118 e. The Morgan fingerprint density at radius 3 is 2.24 bits per heavy atom. The molecule has 2 aromatic carbocycles. The Bertz CT molecular complexity index is 590. The summed E-state index contributed by atoms with van der Waals surface area (Å²) in [5.74, 6) is 0.221. The maximum absolute atomic E-state index is 11.7. The molecule has 1 saturated heterocycles. The average Bonchev–Trinajstić information content (AvgIpc) is 2.56. The second kappa shape index (κ2) is 6.00. The van der Waals surface area contributed by atoms with Crippen LogP contribution in [-0.2, 0) is 5.60 Å². The summed E-state index contributed by atoms with van der Waals surface area (Å²) >= 11 is 0. The normalized spacial score (nSPS) is 19.1. The van der Waals surface area contributed by atoms with Crippen LogP contribution in [0.25, 0.3) is 0 Å². The molecule has 1 radical (unpaired) electrons. The first-order chi connectivity index (χ1) is 10.2. The minimum absolute atomic E-state index is 0.221. The van der Waals surface area contributed by atoms with Gasteiger partial charge in [0.1, 0.15) is 5.60 Å². The van der Waals surface area contributed by atoms with Crippen LogP contribution in [0, 0.1) is 12.8 Å². The largest absolute Gasteiger partial charge is 0.380 e. The highest BCUT2D eigenvalue weighted by Crippen LogP contribution is 2.42. The molecule has 1 aliphatic rings. The first-order valence-electron chi connectivity index (χ1n) is 7.70. The van der Waals surface area contributed by atoms with E-state index in [-0.39, 0.29) is 5.92 Å². The van der Waals surface area contributed by atoms with E-state index < -0.39 is 5.60 Å². The smallest absolute Gasteiger partial charge is 0.118 e. The quantitative estimate of drug-likeness (QED) is 0.920. The predicted octanol–water partition coefficient (Wildman–Crippen LogP) is 3.25. The average molecular weight is 280 g/mol. The summed E-state index contributed by atoms with van der Waals surface area (Å²) in [6, 6.07) is 18.3. The molecule has 2 nitrogen and oxygen atoms in total. The Balaban J connectivity index is 2.12. The molecule has 21 heavy (non-hydrogen) atoms. The molecule has 1 heterocycles. The highest BCUT2D eigenvalue weighted by Gasteiger charge is 2.41. The minimum Gasteiger partial charge on any atom is -0.380 e. The van der Waals surface area contributed by atoms with Gasteiger partial charge in [-0.05, 0) is 42.4 Å². The third kappa shape index (κ3) is 2.61. The van der Waals surface area contributed by atoms with Crippen LogP contribution in [0.15, 0.2) is 54.6 Å². The van der Waals surface area contributed by atoms with E-state index in [0.717, 1.165) is 42.6 Å². The number of piperidine rings is 1. The highest BCUT2D eigenvalue weighted by molar-refractivity contribution is 5.41. The summed E-state index contributed by atoms with van der Waals surface area (Å²) in [6.07, 6.45) is 1.89. The topological polar surface area (TPSA) is 34.3 Å². The van der Waals surface area contributed by atoms with Crippen molar-refractivity contribution in [3.8, 4) is 0 Å². The van der Waals surface area contributed by atoms with Crippen LogP contribution in [0.3, 0.4) is 0 Å². The van der Waals surface area contributed by atoms with E-state index in [1.165, 1.54) is 0 Å². The standard InChI is InChI=1S/C19H22NO/c1-15-7-5-6-10-18(15)19(21,16-8-3-2-4-9-16)17-11-13-20-14-12-17/h2-10,17,21H,11-14H2,1H3. The summed E-state index contributed by atoms with van der Waals surface area (Å²) in [7, 11) is 0. The number of aliphatic hydroxyl groups is 1. The molecule has 0 bridgehead atoms. The lowest BCUT2D eigenvalue weighted by Gasteiger charge is -2.40. The van der Waals surface area contributed by atoms with Crippen molar-refractivity contribution >= 4 is 0 Å². The zero-order valence-corrected chi connectivity index (χ0v) is 12.5. The molecule has 0 saturated carbocycles. The van der Waals surface area contributed by atoms with Crippen molar-refractivity contribution in [1.82, 2.24) is 5.32 Å². The van der Waals surface area contributed by atoms with E-state index in [4.69, 9.17) is 0 Å². The molecule has 1 atom stereocenters. The fraction of sp³-hybridized carbons (Fsp3) is 0.368. The first kappa shape index (κ1) is 14.3. The summed E-state index contributed by atoms with van der Waals surface area (Å²) < 4.78 is 0. The Kier molecular flexibility index (Phi) is 4.09. The van der Waals surface area contributed by atoms with Crippen molar-refractivity contribution in [3.05, 3.63) is 71.3 Å². The lowest BCUT2D eigenvalue weighted by Crippen LogP contribution is -2.41. The zero-order chi connectivity index (χ0) is 14.7. The summed E-state index contributed by atoms with van der Waals surface area (Å²) in [5.41, 5.74) is 2.25. The molecule has 0 aliphatic carbocycles. The van der Waals surface area contributed by atoms with Crippen molar-refractivity contribution in [2.45, 2.75) is 25.4 Å². The minimum atomic E-state index is -0.914. The van der Waals surface area contributed by atoms with E-state index in [1.807, 2.05) is 42.5 Å². The predicted molar refractivity (Wildman–Crippen MR) is 85.2 cm³/mol. The van der Waals surface area contributed by atoms with Gasteiger partial charge in [-0.3, -0.25) is 0 Å². The molecule has 1 fully saturated rings. The third-order valence-electron chi connectivity index (χ3n) is 4.63. The fourth-order valence-corrected chi connectivity index (χ4v) is 3.47. The highest BCUT2D eigenvalue weighted by atomic mass is 16.3. The van der Waals surface area contributed by atoms with E-state index >= 15 is 0 Å². The monoisotopic (exact) mass is 280 g/mol. The zero-order valence-electron chi connectivity index (χ0n) is 12.5. The number of nitrogens with zero attached hydrogens (tertiary/aromatic N) is 1. The van der Waals surface area contributed by atoms with E-state index in [2.05, 4.69) is 24.4 Å². The SMILES string of the molecule is Cc1ccccc1C(O)(c1ccccc1)C1CC[N]CC1. The lowest BCUT2D eigenvalue weighted by molar-refractivity contribution is 0.00147. The first-order valence-corrected chi connectivity index (χ1v) is 7.70. The van der Waals surface area contributed by atoms with Gasteiger partial charge in [0, 0.05) is 13.1 Å². The Morgan fingerprint density at radius 1 is 0.952 bits per heavy atom. The molecule has 0 spiro atoms. The van der Waals surface area contributed by atoms with E-state index in [9.17, 15) is 5.11 Å². The van der Waals surface area contributed by atoms with Crippen LogP contribution < -0.4 is 5.32 Å². The molecular weight excluding hydrogens is 258 g/mol. The Morgan fingerprint density at radius 2 is 1.57 bits per heavy atom. The number of benzene rings is 2. The molecule has 1 aliphatic heterocycles. The van der Waals surface area contributed by atoms with Crippen molar-refractivity contribution in [2.75, 3.05) is 13.1 Å². The van der Waals surface area contributed by atoms with Crippen molar-refractivity contribution in [2.24, 2.45) is 5.92 Å². The molecule has 2 aromatic rings. The van der Waals surface area contributed by atoms with Crippen LogP contribution in [0.1, 0.15) is 29.5 Å². The van der Waals surface area contributed by atoms with Crippen LogP contribution in [-0.4, -0.2) is 18.2 Å². The maximum atomic E-state index is 11.7. The van der Waals surface area contributed by atoms with Crippen LogP contribution >= 0.6 is 0 Å². The molecule has 3 rings (SSSR count). The summed E-state index contributed by atoms with van der Waals surface area (Å²) in [6.45, 7) is 3.79. The van der Waals surface area contributed by atoms with Gasteiger partial charge in [-0.2, -0.15) is 0 Å². The molecule has 0 amide bonds. The molecular formula is C19H22NO. The summed E-state index contributed by atoms with van der Waals surface area (Å²) in [5, 5.41) is 16.2. The fourth-order valence-electron chi connectivity index (χ4n) is 3.47. The molecule has 109 valence electrons. The number of rotatable bonds is 3. The molecule has 1 unspecified atom stereocenters. The van der Waals surface area contributed by atoms with Gasteiger partial charge >= 0.3 is 0 Å². The van der Waals surface area contributed by atoms with Gasteiger partial charge in [0.15, 0.2) is 0 Å². The Hall–Kier alpha value is -1.64. The van der Waals surface area contributed by atoms with Gasteiger partial charge < -0.3 is 5.11 Å². The van der Waals surface area contributed by atoms with Crippen LogP contribution in [0.4, 0.5) is 0 Å². The molecule has 2 heteroatoms. The van der Waals surface area contributed by atoms with E-state index in [1.54, 1.807) is 0 Å². The van der Waals surface area contributed by atoms with Gasteiger partial charge in [-0.15, -0.1) is 0 Å². The van der Waals surface area contributed by atoms with Crippen LogP contribution in [0.5, 0.6) is 0 Å². The van der Waals surface area contributed by atoms with Crippen molar-refractivity contribution < 1.29 is 5.11 Å². The van der Waals surface area contributed by atoms with Crippen LogP contribution in [0.2, 0.25) is 0 Å². The van der Waals surface area contributed by atoms with Gasteiger partial charge in [-0.25, -0.2) is 5.32 Å². The van der Waals surface area contributed by atoms with Gasteiger partial charge in [0.25, 0.3) is 0 Å². The second-order valence-electron chi connectivity index (χ2n) is 5.89. The molecule has 1 N–H and O–H groups in total. The third-order valence-corrected chi connectivity index (χ3v) is 4.63. The molecule has 0 aromatic heterocycles. The lowest BCUT2D eigenvalue weighted by atomic mass is 9.71.